The molecule has 0 amide bonds. The molecule has 0 aromatic heterocycles. The first kappa shape index (κ1) is 15.9. The van der Waals surface area contributed by atoms with Gasteiger partial charge in [-0.15, -0.1) is 0 Å². The molecule has 1 rings (SSSR count). The Labute approximate surface area is 110 Å². The molecule has 1 aliphatic rings. The quantitative estimate of drug-likeness (QED) is 0.590. The Hall–Kier alpha value is -0.200. The number of methoxy groups -OCH3 is 1. The van der Waals surface area contributed by atoms with Crippen LogP contribution >= 0.6 is 0 Å². The minimum Gasteiger partial charge on any atom is -0.382 e. The van der Waals surface area contributed by atoms with Crippen molar-refractivity contribution in [2.24, 2.45) is 0 Å². The molecule has 0 radical (unpaired) electrons. The second-order valence-corrected chi connectivity index (χ2v) is 4.60. The molecule has 0 spiro atoms. The molecule has 0 bridgehead atoms. The van der Waals surface area contributed by atoms with E-state index >= 15 is 0 Å². The molecule has 0 aromatic rings. The van der Waals surface area contributed by atoms with E-state index in [4.69, 9.17) is 18.9 Å². The standard InChI is InChI=1S/C13H27NO4/c1-12-3-4-13(11-14-12)18-10-9-17-8-7-16-6-5-15-2/h12-14H,3-11H2,1-2H3. The van der Waals surface area contributed by atoms with E-state index in [1.165, 1.54) is 6.42 Å². The van der Waals surface area contributed by atoms with Gasteiger partial charge >= 0.3 is 0 Å². The number of ether oxygens (including phenoxy) is 4. The normalized spacial score (nSPS) is 24.3. The largest absolute Gasteiger partial charge is 0.382 e. The lowest BCUT2D eigenvalue weighted by Gasteiger charge is -2.27. The summed E-state index contributed by atoms with van der Waals surface area (Å²) in [6.45, 7) is 6.97. The molecule has 0 aromatic carbocycles. The van der Waals surface area contributed by atoms with Crippen molar-refractivity contribution in [3.8, 4) is 0 Å². The molecule has 5 nitrogen and oxygen atoms in total. The lowest BCUT2D eigenvalue weighted by molar-refractivity contribution is -0.0236. The molecule has 2 unspecified atom stereocenters. The highest BCUT2D eigenvalue weighted by molar-refractivity contribution is 4.74. The van der Waals surface area contributed by atoms with Crippen LogP contribution in [0.5, 0.6) is 0 Å². The first-order valence-corrected chi connectivity index (χ1v) is 6.82. The number of hydrogen-bond acceptors (Lipinski definition) is 5. The molecular formula is C13H27NO4. The van der Waals surface area contributed by atoms with Gasteiger partial charge in [0.15, 0.2) is 0 Å². The van der Waals surface area contributed by atoms with Gasteiger partial charge in [0, 0.05) is 19.7 Å². The molecule has 108 valence electrons. The Kier molecular flexibility index (Phi) is 9.42. The summed E-state index contributed by atoms with van der Waals surface area (Å²) < 4.78 is 21.3. The Morgan fingerprint density at radius 3 is 2.22 bits per heavy atom. The summed E-state index contributed by atoms with van der Waals surface area (Å²) in [5.41, 5.74) is 0. The zero-order chi connectivity index (χ0) is 13.1. The van der Waals surface area contributed by atoms with Crippen molar-refractivity contribution in [3.63, 3.8) is 0 Å². The summed E-state index contributed by atoms with van der Waals surface area (Å²) in [6, 6.07) is 0.630. The lowest BCUT2D eigenvalue weighted by Crippen LogP contribution is -2.41. The Bertz CT molecular complexity index is 184. The van der Waals surface area contributed by atoms with Gasteiger partial charge in [-0.05, 0) is 19.8 Å². The van der Waals surface area contributed by atoms with Crippen LogP contribution in [0.2, 0.25) is 0 Å². The predicted molar refractivity (Wildman–Crippen MR) is 70.0 cm³/mol. The van der Waals surface area contributed by atoms with Crippen LogP contribution in [-0.4, -0.2) is 65.4 Å². The average molecular weight is 261 g/mol. The molecule has 1 saturated heterocycles. The Morgan fingerprint density at radius 2 is 1.61 bits per heavy atom. The number of nitrogens with one attached hydrogen (secondary N) is 1. The molecular weight excluding hydrogens is 234 g/mol. The van der Waals surface area contributed by atoms with E-state index in [0.29, 0.717) is 51.8 Å². The van der Waals surface area contributed by atoms with Crippen molar-refractivity contribution in [2.75, 3.05) is 53.3 Å². The minimum absolute atomic E-state index is 0.350. The van der Waals surface area contributed by atoms with Crippen molar-refractivity contribution in [3.05, 3.63) is 0 Å². The van der Waals surface area contributed by atoms with E-state index < -0.39 is 0 Å². The fourth-order valence-electron chi connectivity index (χ4n) is 1.85. The van der Waals surface area contributed by atoms with E-state index in [1.54, 1.807) is 7.11 Å². The fourth-order valence-corrected chi connectivity index (χ4v) is 1.85. The summed E-state index contributed by atoms with van der Waals surface area (Å²) in [5, 5.41) is 3.42. The third kappa shape index (κ3) is 8.00. The summed E-state index contributed by atoms with van der Waals surface area (Å²) in [5.74, 6) is 0. The van der Waals surface area contributed by atoms with Gasteiger partial charge in [-0.1, -0.05) is 0 Å². The minimum atomic E-state index is 0.350. The Balaban J connectivity index is 1.78. The first-order valence-electron chi connectivity index (χ1n) is 6.82. The van der Waals surface area contributed by atoms with E-state index in [0.717, 1.165) is 13.0 Å². The van der Waals surface area contributed by atoms with Crippen molar-refractivity contribution in [1.82, 2.24) is 5.32 Å². The molecule has 1 aliphatic heterocycles. The number of piperidine rings is 1. The third-order valence-corrected chi connectivity index (χ3v) is 3.00. The SMILES string of the molecule is COCCOCCOCCOC1CCC(C)NC1. The maximum absolute atomic E-state index is 5.73. The van der Waals surface area contributed by atoms with Gasteiger partial charge < -0.3 is 24.3 Å². The monoisotopic (exact) mass is 261 g/mol. The Morgan fingerprint density at radius 1 is 0.944 bits per heavy atom. The highest BCUT2D eigenvalue weighted by Crippen LogP contribution is 2.10. The van der Waals surface area contributed by atoms with Crippen LogP contribution in [0.25, 0.3) is 0 Å². The van der Waals surface area contributed by atoms with Crippen LogP contribution in [0.1, 0.15) is 19.8 Å². The van der Waals surface area contributed by atoms with Crippen LogP contribution in [0.15, 0.2) is 0 Å². The summed E-state index contributed by atoms with van der Waals surface area (Å²) in [7, 11) is 1.66. The van der Waals surface area contributed by atoms with E-state index in [2.05, 4.69) is 12.2 Å². The second kappa shape index (κ2) is 10.7. The van der Waals surface area contributed by atoms with Crippen LogP contribution < -0.4 is 5.32 Å². The maximum atomic E-state index is 5.73. The molecule has 1 heterocycles. The van der Waals surface area contributed by atoms with Gasteiger partial charge in [0.25, 0.3) is 0 Å². The summed E-state index contributed by atoms with van der Waals surface area (Å²) >= 11 is 0. The zero-order valence-corrected chi connectivity index (χ0v) is 11.7. The van der Waals surface area contributed by atoms with Crippen LogP contribution in [0.3, 0.4) is 0 Å². The fraction of sp³-hybridized carbons (Fsp3) is 1.00. The van der Waals surface area contributed by atoms with Crippen molar-refractivity contribution in [1.29, 1.82) is 0 Å². The molecule has 0 aliphatic carbocycles. The van der Waals surface area contributed by atoms with Crippen LogP contribution in [-0.2, 0) is 18.9 Å². The second-order valence-electron chi connectivity index (χ2n) is 4.60. The van der Waals surface area contributed by atoms with Gasteiger partial charge in [0.1, 0.15) is 0 Å². The van der Waals surface area contributed by atoms with Gasteiger partial charge in [0.05, 0.1) is 45.7 Å². The highest BCUT2D eigenvalue weighted by Gasteiger charge is 2.17. The number of hydrogen-bond donors (Lipinski definition) is 1. The average Bonchev–Trinajstić information content (AvgIpc) is 2.39. The van der Waals surface area contributed by atoms with Crippen molar-refractivity contribution < 1.29 is 18.9 Å². The smallest absolute Gasteiger partial charge is 0.0704 e. The maximum Gasteiger partial charge on any atom is 0.0704 e. The van der Waals surface area contributed by atoms with Gasteiger partial charge in [-0.2, -0.15) is 0 Å². The predicted octanol–water partition coefficient (Wildman–Crippen LogP) is 0.823. The topological polar surface area (TPSA) is 49.0 Å². The van der Waals surface area contributed by atoms with E-state index in [1.807, 2.05) is 0 Å². The summed E-state index contributed by atoms with van der Waals surface area (Å²) in [4.78, 5) is 0. The number of rotatable bonds is 10. The first-order chi connectivity index (χ1) is 8.83. The van der Waals surface area contributed by atoms with E-state index in [-0.39, 0.29) is 0 Å². The van der Waals surface area contributed by atoms with E-state index in [9.17, 15) is 0 Å². The van der Waals surface area contributed by atoms with Gasteiger partial charge in [0.2, 0.25) is 0 Å². The zero-order valence-electron chi connectivity index (χ0n) is 11.7. The molecule has 0 saturated carbocycles. The van der Waals surface area contributed by atoms with Gasteiger partial charge in [-0.3, -0.25) is 0 Å². The van der Waals surface area contributed by atoms with Crippen molar-refractivity contribution in [2.45, 2.75) is 31.9 Å². The molecule has 1 fully saturated rings. The third-order valence-electron chi connectivity index (χ3n) is 3.00. The van der Waals surface area contributed by atoms with Crippen LogP contribution in [0, 0.1) is 0 Å². The summed E-state index contributed by atoms with van der Waals surface area (Å²) in [6.07, 6.45) is 2.69. The lowest BCUT2D eigenvalue weighted by atomic mass is 10.0. The molecule has 1 N–H and O–H groups in total. The molecule has 5 heteroatoms. The molecule has 2 atom stereocenters. The van der Waals surface area contributed by atoms with Gasteiger partial charge in [-0.25, -0.2) is 0 Å². The van der Waals surface area contributed by atoms with Crippen LogP contribution in [0.4, 0.5) is 0 Å². The molecule has 18 heavy (non-hydrogen) atoms. The highest BCUT2D eigenvalue weighted by atomic mass is 16.6. The van der Waals surface area contributed by atoms with Crippen molar-refractivity contribution >= 4 is 0 Å².